The number of aliphatic hydroxyl groups excluding tert-OH is 2. The van der Waals surface area contributed by atoms with Crippen molar-refractivity contribution in [3.05, 3.63) is 71.8 Å². The number of carbonyl (C=O) groups is 2. The van der Waals surface area contributed by atoms with E-state index in [1.165, 1.54) is 89.9 Å². The number of hydrogen-bond acceptors (Lipinski definition) is 8. The van der Waals surface area contributed by atoms with Crippen LogP contribution in [0.15, 0.2) is 60.7 Å². The third kappa shape index (κ3) is 36.0. The first-order valence-corrected chi connectivity index (χ1v) is 23.3. The molecule has 0 aliphatic carbocycles. The first-order valence-electron chi connectivity index (χ1n) is 23.3. The van der Waals surface area contributed by atoms with Crippen LogP contribution in [0.25, 0.3) is 0 Å². The Labute approximate surface area is 400 Å². The molecule has 0 spiro atoms. The quantitative estimate of drug-likeness (QED) is 0.0501. The van der Waals surface area contributed by atoms with Crippen LogP contribution in [0.5, 0.6) is 0 Å². The predicted molar refractivity (Wildman–Crippen MR) is 238 cm³/mol. The summed E-state index contributed by atoms with van der Waals surface area (Å²) in [6.07, 6.45) is 26.8. The second-order valence-corrected chi connectivity index (χ2v) is 16.3. The van der Waals surface area contributed by atoms with Crippen LogP contribution in [-0.2, 0) is 32.3 Å². The maximum atomic E-state index is 10.6. The average Bonchev–Trinajstić information content (AvgIpc) is 3.22. The predicted octanol–water partition coefficient (Wildman–Crippen LogP) is 9.95. The molecule has 4 unspecified atom stereocenters. The molecule has 2 aromatic carbocycles. The molecule has 0 heterocycles. The zero-order valence-corrected chi connectivity index (χ0v) is 41.8. The average molecular weight is 949 g/mol. The van der Waals surface area contributed by atoms with Crippen molar-refractivity contribution in [2.24, 2.45) is 0 Å². The van der Waals surface area contributed by atoms with E-state index in [9.17, 15) is 30.0 Å². The van der Waals surface area contributed by atoms with Gasteiger partial charge in [-0.3, -0.25) is 0 Å². The number of ether oxygens (including phenoxy) is 2. The number of aliphatic carboxylic acids is 2. The van der Waals surface area contributed by atoms with Gasteiger partial charge in [0.2, 0.25) is 0 Å². The molecule has 0 bridgehead atoms. The zero-order chi connectivity index (χ0) is 42.3. The summed E-state index contributed by atoms with van der Waals surface area (Å²) in [5.74, 6) is -2.02. The summed E-state index contributed by atoms with van der Waals surface area (Å²) in [6.45, 7) is 5.43. The van der Waals surface area contributed by atoms with E-state index in [1.54, 1.807) is 0 Å². The fourth-order valence-electron chi connectivity index (χ4n) is 7.26. The van der Waals surface area contributed by atoms with Crippen molar-refractivity contribution in [3.8, 4) is 0 Å². The number of unbranched alkanes of at least 4 members (excludes halogenated alkanes) is 18. The first kappa shape index (κ1) is 57.8. The summed E-state index contributed by atoms with van der Waals surface area (Å²) in [6, 6.07) is 19.9. The number of hydrogen-bond donors (Lipinski definition) is 2. The molecule has 59 heavy (non-hydrogen) atoms. The molecule has 9 heteroatoms. The van der Waals surface area contributed by atoms with Crippen molar-refractivity contribution >= 4 is 60.8 Å². The minimum absolute atomic E-state index is 0. The van der Waals surface area contributed by atoms with Gasteiger partial charge >= 0.3 is 48.9 Å². The van der Waals surface area contributed by atoms with E-state index in [0.29, 0.717) is 38.9 Å². The minimum atomic E-state index is -1.01. The van der Waals surface area contributed by atoms with Crippen LogP contribution in [0.4, 0.5) is 0 Å². The molecule has 2 aromatic rings. The number of carbonyl (C=O) groups excluding carboxylic acids is 2. The Morgan fingerprint density at radius 3 is 1.05 bits per heavy atom. The maximum absolute atomic E-state index is 10.6. The summed E-state index contributed by atoms with van der Waals surface area (Å²) in [5.41, 5.74) is 2.17. The van der Waals surface area contributed by atoms with Gasteiger partial charge in [0.25, 0.3) is 0 Å². The molecule has 0 radical (unpaired) electrons. The zero-order valence-electron chi connectivity index (χ0n) is 37.3. The number of rotatable bonds is 38. The van der Waals surface area contributed by atoms with E-state index in [2.05, 4.69) is 13.8 Å². The fourth-order valence-corrected chi connectivity index (χ4v) is 7.26. The number of carboxylic acids is 2. The largest absolute Gasteiger partial charge is 2.00 e. The molecule has 8 nitrogen and oxygen atoms in total. The van der Waals surface area contributed by atoms with Crippen molar-refractivity contribution in [1.29, 1.82) is 0 Å². The van der Waals surface area contributed by atoms with E-state index in [0.717, 1.165) is 62.5 Å². The molecule has 0 saturated carbocycles. The Hall–Kier alpha value is -1.21. The summed E-state index contributed by atoms with van der Waals surface area (Å²) in [5, 5.41) is 42.5. The van der Waals surface area contributed by atoms with Crippen LogP contribution in [-0.4, -0.2) is 95.4 Å². The first-order chi connectivity index (χ1) is 28.3. The van der Waals surface area contributed by atoms with Crippen LogP contribution < -0.4 is 10.2 Å². The Balaban J connectivity index is 0.00000112. The van der Waals surface area contributed by atoms with Gasteiger partial charge in [-0.1, -0.05) is 203 Å². The molecule has 0 aromatic heterocycles. The van der Waals surface area contributed by atoms with Crippen molar-refractivity contribution in [2.75, 3.05) is 0 Å². The Kier molecular flexibility index (Phi) is 41.2. The molecule has 2 N–H and O–H groups in total. The second kappa shape index (κ2) is 42.1. The van der Waals surface area contributed by atoms with Gasteiger partial charge in [0.1, 0.15) is 0 Å². The van der Waals surface area contributed by atoms with E-state index in [4.69, 9.17) is 9.47 Å². The van der Waals surface area contributed by atoms with Gasteiger partial charge < -0.3 is 39.5 Å². The molecule has 0 fully saturated rings. The molecule has 4 atom stereocenters. The van der Waals surface area contributed by atoms with Gasteiger partial charge in [0.15, 0.2) is 0 Å². The Bertz CT molecular complexity index is 1110. The maximum Gasteiger partial charge on any atom is 2.00 e. The van der Waals surface area contributed by atoms with Gasteiger partial charge in [0, 0.05) is 11.9 Å². The summed E-state index contributed by atoms with van der Waals surface area (Å²) in [7, 11) is 0. The van der Waals surface area contributed by atoms with Crippen LogP contribution >= 0.6 is 0 Å². The summed E-state index contributed by atoms with van der Waals surface area (Å²) in [4.78, 5) is 21.2. The van der Waals surface area contributed by atoms with Crippen LogP contribution in [0.1, 0.15) is 205 Å². The molecule has 0 aliphatic heterocycles. The standard InChI is InChI=1S/2C25H42O4.Ba/c2*1-2-3-4-5-6-7-8-9-13-18-23(26)24(19-14-15-20-25(27)28)29-21-22-16-11-10-12-17-22;/h2*10-12,16-17,23-24,26H,2-9,13-15,18-21H2,1H3,(H,27,28);/q;;+2/p-2. The summed E-state index contributed by atoms with van der Waals surface area (Å²) >= 11 is 0. The van der Waals surface area contributed by atoms with Gasteiger partial charge in [-0.15, -0.1) is 0 Å². The van der Waals surface area contributed by atoms with E-state index < -0.39 is 24.1 Å². The monoisotopic (exact) mass is 949 g/mol. The van der Waals surface area contributed by atoms with E-state index in [1.807, 2.05) is 60.7 Å². The van der Waals surface area contributed by atoms with Crippen molar-refractivity contribution in [2.45, 2.75) is 231 Å². The molecule has 0 saturated heterocycles. The van der Waals surface area contributed by atoms with Crippen molar-refractivity contribution in [3.63, 3.8) is 0 Å². The normalized spacial score (nSPS) is 13.1. The molecule has 0 amide bonds. The SMILES string of the molecule is CCCCCCCCCCCC(O)C(CCCCC(=O)[O-])OCc1ccccc1.CCCCCCCCCCCC(O)C(CCCCC(=O)[O-])OCc1ccccc1.[Ba+2]. The van der Waals surface area contributed by atoms with Crippen LogP contribution in [0, 0.1) is 0 Å². The molecular weight excluding hydrogens is 866 g/mol. The second-order valence-electron chi connectivity index (χ2n) is 16.3. The summed E-state index contributed by atoms with van der Waals surface area (Å²) < 4.78 is 12.0. The molecular formula is C50H82BaO8. The Morgan fingerprint density at radius 2 is 0.746 bits per heavy atom. The van der Waals surface area contributed by atoms with Crippen LogP contribution in [0.3, 0.4) is 0 Å². The van der Waals surface area contributed by atoms with Crippen molar-refractivity contribution in [1.82, 2.24) is 0 Å². The van der Waals surface area contributed by atoms with Gasteiger partial charge in [-0.05, 0) is 62.5 Å². The molecule has 332 valence electrons. The molecule has 0 aliphatic rings. The number of benzene rings is 2. The smallest absolute Gasteiger partial charge is 0.550 e. The minimum Gasteiger partial charge on any atom is -0.550 e. The Morgan fingerprint density at radius 1 is 0.458 bits per heavy atom. The molecule has 2 rings (SSSR count). The third-order valence-corrected chi connectivity index (χ3v) is 10.9. The van der Waals surface area contributed by atoms with Crippen molar-refractivity contribution < 1.29 is 39.5 Å². The van der Waals surface area contributed by atoms with Crippen LogP contribution in [0.2, 0.25) is 0 Å². The van der Waals surface area contributed by atoms with E-state index >= 15 is 0 Å². The number of aliphatic hydroxyl groups is 2. The van der Waals surface area contributed by atoms with E-state index in [-0.39, 0.29) is 73.9 Å². The number of carboxylic acid groups (broad SMARTS) is 2. The van der Waals surface area contributed by atoms with Gasteiger partial charge in [-0.25, -0.2) is 0 Å². The van der Waals surface area contributed by atoms with Gasteiger partial charge in [0.05, 0.1) is 37.6 Å². The van der Waals surface area contributed by atoms with Gasteiger partial charge in [-0.2, -0.15) is 0 Å². The fraction of sp³-hybridized carbons (Fsp3) is 0.720. The topological polar surface area (TPSA) is 139 Å². The third-order valence-electron chi connectivity index (χ3n) is 10.9.